The summed E-state index contributed by atoms with van der Waals surface area (Å²) in [5, 5.41) is 3.41. The summed E-state index contributed by atoms with van der Waals surface area (Å²) in [5.41, 5.74) is 4.40. The van der Waals surface area contributed by atoms with E-state index in [0.29, 0.717) is 32.5 Å². The van der Waals surface area contributed by atoms with Crippen molar-refractivity contribution in [2.45, 2.75) is 51.7 Å². The van der Waals surface area contributed by atoms with Crippen molar-refractivity contribution in [3.63, 3.8) is 0 Å². The lowest BCUT2D eigenvalue weighted by Gasteiger charge is -2.36. The van der Waals surface area contributed by atoms with Crippen molar-refractivity contribution in [1.82, 2.24) is 19.2 Å². The molecule has 1 saturated heterocycles. The van der Waals surface area contributed by atoms with Gasteiger partial charge in [-0.3, -0.25) is 0 Å². The first kappa shape index (κ1) is 27.4. The number of hydrogen-bond acceptors (Lipinski definition) is 5. The number of aryl methyl sites for hydroxylation is 1. The largest absolute Gasteiger partial charge is 0.364 e. The van der Waals surface area contributed by atoms with Crippen molar-refractivity contribution < 1.29 is 8.42 Å². The number of aromatic nitrogens is 2. The van der Waals surface area contributed by atoms with Gasteiger partial charge in [-0.05, 0) is 73.5 Å². The molecule has 9 heteroatoms. The number of piperidine rings is 1. The molecule has 0 unspecified atom stereocenters. The van der Waals surface area contributed by atoms with E-state index in [9.17, 15) is 8.42 Å². The number of halogens is 1. The average Bonchev–Trinajstić information content (AvgIpc) is 3.23. The first-order valence-corrected chi connectivity index (χ1v) is 15.9. The predicted octanol–water partition coefficient (Wildman–Crippen LogP) is 4.73. The Kier molecular flexibility index (Phi) is 8.28. The molecule has 2 aliphatic heterocycles. The normalized spacial score (nSPS) is 20.2. The average molecular weight is 601 g/mol. The zero-order chi connectivity index (χ0) is 26.8. The van der Waals surface area contributed by atoms with Crippen LogP contribution in [0.25, 0.3) is 0 Å². The van der Waals surface area contributed by atoms with Crippen molar-refractivity contribution in [2.75, 3.05) is 30.3 Å². The maximum Gasteiger partial charge on any atom is 0.214 e. The maximum atomic E-state index is 14.2. The molecule has 1 N–H and O–H groups in total. The van der Waals surface area contributed by atoms with Gasteiger partial charge in [0.1, 0.15) is 0 Å². The van der Waals surface area contributed by atoms with Gasteiger partial charge in [0, 0.05) is 42.5 Å². The van der Waals surface area contributed by atoms with Crippen LogP contribution in [0.5, 0.6) is 0 Å². The lowest BCUT2D eigenvalue weighted by molar-refractivity contribution is 0.219. The smallest absolute Gasteiger partial charge is 0.214 e. The molecule has 0 spiro atoms. The standard InChI is InChI=1S/C29H38BrN5O2S/c1-29(10-13-31-14-11-29)12-15-38(36,37)35-19-24-17-25(30)8-9-28(24)34(21-27-18-32-22-33(27)2)20-26(35)16-23-6-4-3-5-7-23/h3-9,17-18,22,26,31H,10-16,19-21H2,1-2H3/t26-/m1/s1. The van der Waals surface area contributed by atoms with E-state index in [0.717, 1.165) is 52.9 Å². The third kappa shape index (κ3) is 6.33. The molecule has 0 radical (unpaired) electrons. The van der Waals surface area contributed by atoms with Crippen LogP contribution in [0.2, 0.25) is 0 Å². The van der Waals surface area contributed by atoms with Crippen molar-refractivity contribution in [1.29, 1.82) is 0 Å². The zero-order valence-electron chi connectivity index (χ0n) is 22.3. The summed E-state index contributed by atoms with van der Waals surface area (Å²) in [5.74, 6) is 0.180. The number of fused-ring (bicyclic) bond motifs is 1. The van der Waals surface area contributed by atoms with E-state index in [1.807, 2.05) is 48.4 Å². The Balaban J connectivity index is 1.50. The number of sulfonamides is 1. The molecule has 0 saturated carbocycles. The molecule has 2 aromatic carbocycles. The third-order valence-corrected chi connectivity index (χ3v) is 10.6. The Morgan fingerprint density at radius 2 is 1.89 bits per heavy atom. The number of rotatable bonds is 8. The summed E-state index contributed by atoms with van der Waals surface area (Å²) in [4.78, 5) is 6.64. The van der Waals surface area contributed by atoms with Crippen LogP contribution >= 0.6 is 15.9 Å². The van der Waals surface area contributed by atoms with Crippen molar-refractivity contribution in [3.8, 4) is 0 Å². The molecule has 2 aliphatic rings. The van der Waals surface area contributed by atoms with E-state index in [1.54, 1.807) is 4.31 Å². The topological polar surface area (TPSA) is 70.5 Å². The molecule has 3 aromatic rings. The molecule has 3 heterocycles. The molecule has 5 rings (SSSR count). The summed E-state index contributed by atoms with van der Waals surface area (Å²) < 4.78 is 33.1. The number of imidazole rings is 1. The number of nitrogens with zero attached hydrogens (tertiary/aromatic N) is 4. The van der Waals surface area contributed by atoms with Gasteiger partial charge in [0.25, 0.3) is 0 Å². The van der Waals surface area contributed by atoms with E-state index in [4.69, 9.17) is 0 Å². The highest BCUT2D eigenvalue weighted by Crippen LogP contribution is 2.36. The fraction of sp³-hybridized carbons (Fsp3) is 0.483. The monoisotopic (exact) mass is 599 g/mol. The fourth-order valence-corrected chi connectivity index (χ4v) is 8.09. The lowest BCUT2D eigenvalue weighted by atomic mass is 9.79. The summed E-state index contributed by atoms with van der Waals surface area (Å²) in [6, 6.07) is 16.3. The van der Waals surface area contributed by atoms with Crippen molar-refractivity contribution >= 4 is 31.6 Å². The van der Waals surface area contributed by atoms with Crippen LogP contribution in [0.15, 0.2) is 65.5 Å². The van der Waals surface area contributed by atoms with Crippen LogP contribution in [0.4, 0.5) is 5.69 Å². The SMILES string of the molecule is Cn1cncc1CN1C[C@@H](Cc2ccccc2)N(S(=O)(=O)CCC2(C)CCNCC2)Cc2cc(Br)ccc21. The fourth-order valence-electron chi connectivity index (χ4n) is 5.76. The van der Waals surface area contributed by atoms with Crippen LogP contribution in [0.3, 0.4) is 0 Å². The van der Waals surface area contributed by atoms with Gasteiger partial charge in [0.05, 0.1) is 24.3 Å². The predicted molar refractivity (Wildman–Crippen MR) is 156 cm³/mol. The highest BCUT2D eigenvalue weighted by molar-refractivity contribution is 9.10. The summed E-state index contributed by atoms with van der Waals surface area (Å²) >= 11 is 3.63. The first-order chi connectivity index (χ1) is 18.2. The minimum atomic E-state index is -3.51. The van der Waals surface area contributed by atoms with Crippen molar-refractivity contribution in [2.24, 2.45) is 12.5 Å². The highest BCUT2D eigenvalue weighted by atomic mass is 79.9. The molecule has 204 valence electrons. The van der Waals surface area contributed by atoms with Gasteiger partial charge in [-0.1, -0.05) is 53.2 Å². The second-order valence-corrected chi connectivity index (χ2v) is 14.1. The summed E-state index contributed by atoms with van der Waals surface area (Å²) in [6.45, 7) is 5.80. The molecule has 1 aromatic heterocycles. The minimum Gasteiger partial charge on any atom is -0.364 e. The molecular formula is C29H38BrN5O2S. The Bertz CT molecular complexity index is 1340. The third-order valence-electron chi connectivity index (χ3n) is 8.26. The van der Waals surface area contributed by atoms with Gasteiger partial charge in [-0.25, -0.2) is 13.4 Å². The zero-order valence-corrected chi connectivity index (χ0v) is 24.7. The summed E-state index contributed by atoms with van der Waals surface area (Å²) in [6.07, 6.45) is 7.10. The Hall–Kier alpha value is -2.20. The first-order valence-electron chi connectivity index (χ1n) is 13.5. The van der Waals surface area contributed by atoms with Crippen LogP contribution in [-0.4, -0.2) is 53.7 Å². The van der Waals surface area contributed by atoms with Gasteiger partial charge < -0.3 is 14.8 Å². The molecular weight excluding hydrogens is 562 g/mol. The minimum absolute atomic E-state index is 0.0611. The molecule has 1 fully saturated rings. The van der Waals surface area contributed by atoms with E-state index in [-0.39, 0.29) is 17.2 Å². The van der Waals surface area contributed by atoms with Crippen LogP contribution in [0.1, 0.15) is 43.0 Å². The van der Waals surface area contributed by atoms with Crippen molar-refractivity contribution in [3.05, 3.63) is 82.3 Å². The number of nitrogens with one attached hydrogen (secondary N) is 1. The van der Waals surface area contributed by atoms with Crippen LogP contribution in [0, 0.1) is 5.41 Å². The van der Waals surface area contributed by atoms with E-state index < -0.39 is 10.0 Å². The Morgan fingerprint density at radius 1 is 1.13 bits per heavy atom. The lowest BCUT2D eigenvalue weighted by Crippen LogP contribution is -2.47. The molecule has 0 amide bonds. The molecule has 7 nitrogen and oxygen atoms in total. The summed E-state index contributed by atoms with van der Waals surface area (Å²) in [7, 11) is -1.51. The van der Waals surface area contributed by atoms with Gasteiger partial charge in [0.15, 0.2) is 0 Å². The number of hydrogen-bond donors (Lipinski definition) is 1. The molecule has 0 aliphatic carbocycles. The van der Waals surface area contributed by atoms with Crippen LogP contribution in [-0.2, 0) is 36.6 Å². The second-order valence-electron chi connectivity index (χ2n) is 11.2. The van der Waals surface area contributed by atoms with E-state index in [1.165, 1.54) is 0 Å². The number of benzene rings is 2. The van der Waals surface area contributed by atoms with E-state index in [2.05, 4.69) is 62.3 Å². The second kappa shape index (κ2) is 11.5. The highest BCUT2D eigenvalue weighted by Gasteiger charge is 2.37. The molecule has 38 heavy (non-hydrogen) atoms. The Morgan fingerprint density at radius 3 is 2.61 bits per heavy atom. The van der Waals surface area contributed by atoms with Gasteiger partial charge in [0.2, 0.25) is 10.0 Å². The maximum absolute atomic E-state index is 14.2. The molecule has 1 atom stereocenters. The van der Waals surface area contributed by atoms with Gasteiger partial charge in [-0.15, -0.1) is 0 Å². The van der Waals surface area contributed by atoms with Gasteiger partial charge in [-0.2, -0.15) is 4.31 Å². The van der Waals surface area contributed by atoms with E-state index >= 15 is 0 Å². The Labute approximate surface area is 235 Å². The van der Waals surface area contributed by atoms with Gasteiger partial charge >= 0.3 is 0 Å². The quantitative estimate of drug-likeness (QED) is 0.405. The van der Waals surface area contributed by atoms with Crippen LogP contribution < -0.4 is 10.2 Å². The number of anilines is 1. The molecule has 0 bridgehead atoms.